The van der Waals surface area contributed by atoms with Crippen molar-refractivity contribution in [3.05, 3.63) is 22.7 Å². The van der Waals surface area contributed by atoms with Crippen LogP contribution in [0.3, 0.4) is 0 Å². The van der Waals surface area contributed by atoms with Crippen LogP contribution in [0.4, 0.5) is 0 Å². The average Bonchev–Trinajstić information content (AvgIpc) is 2.21. The van der Waals surface area contributed by atoms with Gasteiger partial charge in [0, 0.05) is 11.1 Å². The van der Waals surface area contributed by atoms with Gasteiger partial charge in [0.15, 0.2) is 11.5 Å². The van der Waals surface area contributed by atoms with Gasteiger partial charge in [-0.1, -0.05) is 18.5 Å². The van der Waals surface area contributed by atoms with E-state index in [0.717, 1.165) is 12.0 Å². The molecule has 1 atom stereocenters. The molecule has 0 heterocycles. The highest BCUT2D eigenvalue weighted by atomic mass is 35.5. The molecule has 0 saturated heterocycles. The van der Waals surface area contributed by atoms with Crippen molar-refractivity contribution in [3.8, 4) is 11.5 Å². The zero-order chi connectivity index (χ0) is 11.4. The summed E-state index contributed by atoms with van der Waals surface area (Å²) in [5.74, 6) is 0.740. The number of benzene rings is 1. The Morgan fingerprint density at radius 3 is 2.73 bits per heavy atom. The number of methoxy groups -OCH3 is 1. The Bertz CT molecular complexity index is 342. The number of phenolic OH excluding ortho intramolecular Hbond substituents is 1. The number of phenols is 1. The molecule has 3 nitrogen and oxygen atoms in total. The van der Waals surface area contributed by atoms with Crippen LogP contribution in [-0.2, 0) is 0 Å². The largest absolute Gasteiger partial charge is 0.504 e. The molecule has 1 aromatic carbocycles. The summed E-state index contributed by atoms with van der Waals surface area (Å²) >= 11 is 6.08. The number of nitrogens with two attached hydrogens (primary N) is 1. The van der Waals surface area contributed by atoms with Gasteiger partial charge < -0.3 is 15.6 Å². The van der Waals surface area contributed by atoms with Crippen LogP contribution in [0.25, 0.3) is 0 Å². The second-order valence-corrected chi connectivity index (χ2v) is 3.93. The Hall–Kier alpha value is -0.930. The first kappa shape index (κ1) is 12.1. The van der Waals surface area contributed by atoms with Crippen LogP contribution in [0.1, 0.15) is 24.8 Å². The smallest absolute Gasteiger partial charge is 0.161 e. The Morgan fingerprint density at radius 1 is 1.53 bits per heavy atom. The van der Waals surface area contributed by atoms with Crippen molar-refractivity contribution in [2.75, 3.05) is 13.7 Å². The van der Waals surface area contributed by atoms with Crippen molar-refractivity contribution in [2.45, 2.75) is 19.3 Å². The molecule has 0 saturated carbocycles. The van der Waals surface area contributed by atoms with Gasteiger partial charge in [-0.2, -0.15) is 0 Å². The number of rotatable bonds is 4. The minimum atomic E-state index is 0.112. The molecule has 0 aromatic heterocycles. The van der Waals surface area contributed by atoms with Crippen LogP contribution in [0.15, 0.2) is 12.1 Å². The van der Waals surface area contributed by atoms with E-state index in [1.54, 1.807) is 12.1 Å². The number of halogens is 1. The van der Waals surface area contributed by atoms with Gasteiger partial charge in [-0.05, 0) is 30.5 Å². The normalized spacial score (nSPS) is 12.5. The molecule has 1 unspecified atom stereocenters. The molecule has 0 spiro atoms. The standard InChI is InChI=1S/C11H16ClNO2/c1-7(3-4-13)8-5-10(14)11(15-2)6-9(8)12/h5-7,14H,3-4,13H2,1-2H3. The summed E-state index contributed by atoms with van der Waals surface area (Å²) in [6.45, 7) is 2.63. The molecule has 1 aromatic rings. The molecular weight excluding hydrogens is 214 g/mol. The monoisotopic (exact) mass is 229 g/mol. The molecule has 15 heavy (non-hydrogen) atoms. The molecule has 3 N–H and O–H groups in total. The highest BCUT2D eigenvalue weighted by Crippen LogP contribution is 2.36. The minimum absolute atomic E-state index is 0.112. The van der Waals surface area contributed by atoms with E-state index in [-0.39, 0.29) is 11.7 Å². The molecule has 0 radical (unpaired) electrons. The topological polar surface area (TPSA) is 55.5 Å². The van der Waals surface area contributed by atoms with Gasteiger partial charge in [0.05, 0.1) is 7.11 Å². The van der Waals surface area contributed by atoms with Crippen LogP contribution in [0, 0.1) is 0 Å². The highest BCUT2D eigenvalue weighted by molar-refractivity contribution is 6.31. The van der Waals surface area contributed by atoms with Gasteiger partial charge in [-0.25, -0.2) is 0 Å². The molecule has 84 valence electrons. The van der Waals surface area contributed by atoms with Crippen LogP contribution in [-0.4, -0.2) is 18.8 Å². The van der Waals surface area contributed by atoms with E-state index in [9.17, 15) is 5.11 Å². The lowest BCUT2D eigenvalue weighted by Gasteiger charge is -2.14. The van der Waals surface area contributed by atoms with Gasteiger partial charge in [-0.3, -0.25) is 0 Å². The number of ether oxygens (including phenoxy) is 1. The molecule has 4 heteroatoms. The second kappa shape index (κ2) is 5.24. The molecule has 0 aliphatic carbocycles. The summed E-state index contributed by atoms with van der Waals surface area (Å²) in [5, 5.41) is 10.2. The minimum Gasteiger partial charge on any atom is -0.504 e. The van der Waals surface area contributed by atoms with E-state index < -0.39 is 0 Å². The molecular formula is C11H16ClNO2. The molecule has 0 bridgehead atoms. The third-order valence-electron chi connectivity index (χ3n) is 2.43. The molecule has 0 aliphatic rings. The van der Waals surface area contributed by atoms with Gasteiger partial charge in [0.2, 0.25) is 0 Å². The van der Waals surface area contributed by atoms with E-state index in [0.29, 0.717) is 17.3 Å². The summed E-state index contributed by atoms with van der Waals surface area (Å²) in [6.07, 6.45) is 0.839. The van der Waals surface area contributed by atoms with E-state index >= 15 is 0 Å². The van der Waals surface area contributed by atoms with Gasteiger partial charge in [-0.15, -0.1) is 0 Å². The molecule has 1 rings (SSSR count). The zero-order valence-electron chi connectivity index (χ0n) is 8.96. The summed E-state index contributed by atoms with van der Waals surface area (Å²) in [7, 11) is 1.49. The summed E-state index contributed by atoms with van der Waals surface area (Å²) in [6, 6.07) is 3.26. The van der Waals surface area contributed by atoms with Gasteiger partial charge >= 0.3 is 0 Å². The first-order chi connectivity index (χ1) is 7.10. The Labute approximate surface area is 94.8 Å². The predicted octanol–water partition coefficient (Wildman–Crippen LogP) is 2.51. The zero-order valence-corrected chi connectivity index (χ0v) is 9.71. The van der Waals surface area contributed by atoms with Crippen molar-refractivity contribution in [2.24, 2.45) is 5.73 Å². The third-order valence-corrected chi connectivity index (χ3v) is 2.76. The number of hydrogen-bond donors (Lipinski definition) is 2. The summed E-state index contributed by atoms with van der Waals surface area (Å²) in [4.78, 5) is 0. The Balaban J connectivity index is 3.04. The maximum atomic E-state index is 9.62. The van der Waals surface area contributed by atoms with Crippen molar-refractivity contribution >= 4 is 11.6 Å². The quantitative estimate of drug-likeness (QED) is 0.834. The van der Waals surface area contributed by atoms with E-state index in [1.165, 1.54) is 7.11 Å². The van der Waals surface area contributed by atoms with E-state index in [1.807, 2.05) is 6.92 Å². The summed E-state index contributed by atoms with van der Waals surface area (Å²) < 4.78 is 4.96. The Kier molecular flexibility index (Phi) is 4.24. The molecule has 0 amide bonds. The maximum absolute atomic E-state index is 9.62. The lowest BCUT2D eigenvalue weighted by atomic mass is 9.97. The fourth-order valence-corrected chi connectivity index (χ4v) is 1.85. The average molecular weight is 230 g/mol. The maximum Gasteiger partial charge on any atom is 0.161 e. The number of hydrogen-bond acceptors (Lipinski definition) is 3. The van der Waals surface area contributed by atoms with Crippen molar-refractivity contribution in [1.82, 2.24) is 0 Å². The third kappa shape index (κ3) is 2.76. The Morgan fingerprint density at radius 2 is 2.20 bits per heavy atom. The summed E-state index contributed by atoms with van der Waals surface area (Å²) in [5.41, 5.74) is 6.38. The van der Waals surface area contributed by atoms with Crippen molar-refractivity contribution in [1.29, 1.82) is 0 Å². The second-order valence-electron chi connectivity index (χ2n) is 3.52. The highest BCUT2D eigenvalue weighted by Gasteiger charge is 2.13. The lowest BCUT2D eigenvalue weighted by molar-refractivity contribution is 0.373. The van der Waals surface area contributed by atoms with E-state index in [4.69, 9.17) is 22.1 Å². The fourth-order valence-electron chi connectivity index (χ4n) is 1.51. The SMILES string of the molecule is COc1cc(Cl)c(C(C)CCN)cc1O. The fraction of sp³-hybridized carbons (Fsp3) is 0.455. The van der Waals surface area contributed by atoms with Gasteiger partial charge in [0.1, 0.15) is 0 Å². The first-order valence-corrected chi connectivity index (χ1v) is 5.24. The first-order valence-electron chi connectivity index (χ1n) is 4.86. The molecule has 0 fully saturated rings. The van der Waals surface area contributed by atoms with Crippen molar-refractivity contribution in [3.63, 3.8) is 0 Å². The number of aromatic hydroxyl groups is 1. The predicted molar refractivity (Wildman–Crippen MR) is 61.8 cm³/mol. The van der Waals surface area contributed by atoms with Crippen LogP contribution >= 0.6 is 11.6 Å². The van der Waals surface area contributed by atoms with Crippen molar-refractivity contribution < 1.29 is 9.84 Å². The van der Waals surface area contributed by atoms with Gasteiger partial charge in [0.25, 0.3) is 0 Å². The van der Waals surface area contributed by atoms with E-state index in [2.05, 4.69) is 0 Å². The lowest BCUT2D eigenvalue weighted by Crippen LogP contribution is -2.05. The molecule has 0 aliphatic heterocycles. The van der Waals surface area contributed by atoms with Crippen LogP contribution < -0.4 is 10.5 Å². The van der Waals surface area contributed by atoms with Crippen LogP contribution in [0.5, 0.6) is 11.5 Å². The van der Waals surface area contributed by atoms with Crippen LogP contribution in [0.2, 0.25) is 5.02 Å².